The van der Waals surface area contributed by atoms with Crippen molar-refractivity contribution >= 4 is 9.84 Å². The van der Waals surface area contributed by atoms with Crippen LogP contribution in [0.3, 0.4) is 0 Å². The van der Waals surface area contributed by atoms with E-state index in [4.69, 9.17) is 4.42 Å². The molecule has 2 heterocycles. The number of sulfone groups is 1. The second-order valence-electron chi connectivity index (χ2n) is 8.53. The second kappa shape index (κ2) is 9.03. The SMILES string of the molecule is CC(C)(O)c1cccc(Cn2cc(-c3nnc(-c4ccc(S(=O)(=O)C(F)(F)F)cc4)o3)ccc2=O)c1. The third-order valence-corrected chi connectivity index (χ3v) is 6.86. The molecule has 0 saturated heterocycles. The minimum absolute atomic E-state index is 0.0448. The fourth-order valence-corrected chi connectivity index (χ4v) is 4.16. The van der Waals surface area contributed by atoms with Gasteiger partial charge in [0, 0.05) is 17.8 Å². The first-order valence-corrected chi connectivity index (χ1v) is 12.0. The number of rotatable bonds is 6. The number of hydrogen-bond acceptors (Lipinski definition) is 7. The van der Waals surface area contributed by atoms with E-state index in [1.807, 2.05) is 6.07 Å². The van der Waals surface area contributed by atoms with Crippen molar-refractivity contribution in [2.75, 3.05) is 0 Å². The summed E-state index contributed by atoms with van der Waals surface area (Å²) < 4.78 is 68.3. The molecule has 0 saturated carbocycles. The van der Waals surface area contributed by atoms with Crippen molar-refractivity contribution in [3.63, 3.8) is 0 Å². The summed E-state index contributed by atoms with van der Waals surface area (Å²) >= 11 is 0. The van der Waals surface area contributed by atoms with Crippen LogP contribution in [-0.2, 0) is 22.0 Å². The van der Waals surface area contributed by atoms with Gasteiger partial charge >= 0.3 is 5.51 Å². The maximum atomic E-state index is 12.7. The molecule has 0 amide bonds. The molecule has 2 aromatic heterocycles. The van der Waals surface area contributed by atoms with Gasteiger partial charge in [-0.05, 0) is 55.3 Å². The third kappa shape index (κ3) is 5.09. The fourth-order valence-electron chi connectivity index (χ4n) is 3.40. The van der Waals surface area contributed by atoms with Crippen LogP contribution < -0.4 is 5.56 Å². The fraction of sp³-hybridized carbons (Fsp3) is 0.208. The smallest absolute Gasteiger partial charge is 0.416 e. The summed E-state index contributed by atoms with van der Waals surface area (Å²) in [4.78, 5) is 11.5. The van der Waals surface area contributed by atoms with Gasteiger partial charge in [0.15, 0.2) is 0 Å². The Balaban J connectivity index is 1.60. The van der Waals surface area contributed by atoms with Crippen LogP contribution in [-0.4, -0.2) is 33.8 Å². The van der Waals surface area contributed by atoms with E-state index in [0.717, 1.165) is 29.8 Å². The molecule has 0 aliphatic heterocycles. The Kier molecular flexibility index (Phi) is 6.35. The van der Waals surface area contributed by atoms with E-state index < -0.39 is 25.8 Å². The Morgan fingerprint density at radius 3 is 2.17 bits per heavy atom. The molecule has 0 fully saturated rings. The van der Waals surface area contributed by atoms with Crippen LogP contribution in [0, 0.1) is 0 Å². The highest BCUT2D eigenvalue weighted by Gasteiger charge is 2.46. The summed E-state index contributed by atoms with van der Waals surface area (Å²) in [6.45, 7) is 3.54. The van der Waals surface area contributed by atoms with E-state index in [1.165, 1.54) is 22.9 Å². The molecule has 1 N–H and O–H groups in total. The van der Waals surface area contributed by atoms with Gasteiger partial charge in [0.05, 0.1) is 22.6 Å². The predicted molar refractivity (Wildman–Crippen MR) is 123 cm³/mol. The summed E-state index contributed by atoms with van der Waals surface area (Å²) in [5.74, 6) is 0.00701. The van der Waals surface area contributed by atoms with E-state index >= 15 is 0 Å². The van der Waals surface area contributed by atoms with E-state index in [2.05, 4.69) is 10.2 Å². The van der Waals surface area contributed by atoms with Crippen LogP contribution in [0.15, 0.2) is 81.0 Å². The Morgan fingerprint density at radius 1 is 0.944 bits per heavy atom. The molecule has 0 bridgehead atoms. The summed E-state index contributed by atoms with van der Waals surface area (Å²) in [5, 5.41) is 18.0. The maximum absolute atomic E-state index is 12.7. The zero-order chi connectivity index (χ0) is 26.3. The zero-order valence-corrected chi connectivity index (χ0v) is 19.8. The molecule has 0 atom stereocenters. The Morgan fingerprint density at radius 2 is 1.56 bits per heavy atom. The first-order chi connectivity index (χ1) is 16.8. The van der Waals surface area contributed by atoms with Crippen molar-refractivity contribution in [1.82, 2.24) is 14.8 Å². The number of halogens is 3. The molecule has 4 aromatic rings. The predicted octanol–water partition coefficient (Wildman–Crippen LogP) is 4.13. The standard InChI is InChI=1S/C24H20F3N3O5S/c1-23(2,32)18-5-3-4-15(12-18)13-30-14-17(8-11-20(30)31)22-29-28-21(35-22)16-6-9-19(10-7-16)36(33,34)24(25,26)27/h3-12,14,32H,13H2,1-2H3. The number of pyridine rings is 1. The minimum Gasteiger partial charge on any atom is -0.416 e. The highest BCUT2D eigenvalue weighted by atomic mass is 32.2. The first-order valence-electron chi connectivity index (χ1n) is 10.5. The van der Waals surface area contributed by atoms with E-state index in [-0.39, 0.29) is 29.4 Å². The summed E-state index contributed by atoms with van der Waals surface area (Å²) in [6.07, 6.45) is 1.52. The summed E-state index contributed by atoms with van der Waals surface area (Å²) in [5.41, 5.74) is -4.62. The van der Waals surface area contributed by atoms with Crippen molar-refractivity contribution in [3.8, 4) is 22.9 Å². The van der Waals surface area contributed by atoms with Gasteiger partial charge in [-0.3, -0.25) is 4.79 Å². The lowest BCUT2D eigenvalue weighted by molar-refractivity contribution is -0.0436. The van der Waals surface area contributed by atoms with Crippen molar-refractivity contribution < 1.29 is 31.1 Å². The normalized spacial score (nSPS) is 12.6. The molecular weight excluding hydrogens is 499 g/mol. The van der Waals surface area contributed by atoms with Crippen LogP contribution in [0.4, 0.5) is 13.2 Å². The van der Waals surface area contributed by atoms with Crippen LogP contribution >= 0.6 is 0 Å². The Labute approximate surface area is 203 Å². The minimum atomic E-state index is -5.47. The molecule has 4 rings (SSSR count). The molecular formula is C24H20F3N3O5S. The van der Waals surface area contributed by atoms with Crippen molar-refractivity contribution in [1.29, 1.82) is 0 Å². The molecule has 0 aliphatic rings. The Bertz CT molecular complexity index is 1570. The molecule has 2 aromatic carbocycles. The van der Waals surface area contributed by atoms with Gasteiger partial charge < -0.3 is 14.1 Å². The lowest BCUT2D eigenvalue weighted by atomic mass is 9.96. The van der Waals surface area contributed by atoms with Crippen molar-refractivity contribution in [2.24, 2.45) is 0 Å². The molecule has 36 heavy (non-hydrogen) atoms. The van der Waals surface area contributed by atoms with Gasteiger partial charge in [-0.2, -0.15) is 13.2 Å². The molecule has 0 spiro atoms. The van der Waals surface area contributed by atoms with E-state index in [0.29, 0.717) is 11.1 Å². The monoisotopic (exact) mass is 519 g/mol. The first kappa shape index (κ1) is 25.3. The number of aromatic nitrogens is 3. The summed E-state index contributed by atoms with van der Waals surface area (Å²) in [6, 6.07) is 13.9. The lowest BCUT2D eigenvalue weighted by Gasteiger charge is -2.18. The largest absolute Gasteiger partial charge is 0.501 e. The van der Waals surface area contributed by atoms with Gasteiger partial charge in [-0.15, -0.1) is 10.2 Å². The van der Waals surface area contributed by atoms with Gasteiger partial charge in [0.2, 0.25) is 11.8 Å². The number of aliphatic hydroxyl groups is 1. The van der Waals surface area contributed by atoms with Gasteiger partial charge in [-0.1, -0.05) is 24.3 Å². The van der Waals surface area contributed by atoms with E-state index in [9.17, 15) is 31.5 Å². The number of benzene rings is 2. The van der Waals surface area contributed by atoms with Crippen LogP contribution in [0.2, 0.25) is 0 Å². The number of hydrogen-bond donors (Lipinski definition) is 1. The zero-order valence-electron chi connectivity index (χ0n) is 19.0. The molecule has 0 aliphatic carbocycles. The highest BCUT2D eigenvalue weighted by Crippen LogP contribution is 2.32. The average Bonchev–Trinajstić information content (AvgIpc) is 3.30. The van der Waals surface area contributed by atoms with Crippen LogP contribution in [0.25, 0.3) is 22.9 Å². The van der Waals surface area contributed by atoms with Gasteiger partial charge in [0.1, 0.15) is 0 Å². The van der Waals surface area contributed by atoms with E-state index in [1.54, 1.807) is 32.0 Å². The van der Waals surface area contributed by atoms with Gasteiger partial charge in [-0.25, -0.2) is 8.42 Å². The number of nitrogens with zero attached hydrogens (tertiary/aromatic N) is 3. The number of alkyl halides is 3. The van der Waals surface area contributed by atoms with Crippen molar-refractivity contribution in [2.45, 2.75) is 36.4 Å². The third-order valence-electron chi connectivity index (χ3n) is 5.36. The maximum Gasteiger partial charge on any atom is 0.501 e. The highest BCUT2D eigenvalue weighted by molar-refractivity contribution is 7.92. The second-order valence-corrected chi connectivity index (χ2v) is 10.5. The molecule has 0 unspecified atom stereocenters. The Hall–Kier alpha value is -3.77. The summed E-state index contributed by atoms with van der Waals surface area (Å²) in [7, 11) is -5.47. The molecule has 8 nitrogen and oxygen atoms in total. The molecule has 188 valence electrons. The van der Waals surface area contributed by atoms with Crippen molar-refractivity contribution in [3.05, 3.63) is 88.3 Å². The molecule has 12 heteroatoms. The quantitative estimate of drug-likeness (QED) is 0.407. The van der Waals surface area contributed by atoms with Crippen LogP contribution in [0.1, 0.15) is 25.0 Å². The lowest BCUT2D eigenvalue weighted by Crippen LogP contribution is -2.23. The van der Waals surface area contributed by atoms with Crippen LogP contribution in [0.5, 0.6) is 0 Å². The average molecular weight is 520 g/mol. The topological polar surface area (TPSA) is 115 Å². The van der Waals surface area contributed by atoms with Gasteiger partial charge in [0.25, 0.3) is 15.4 Å². The molecule has 0 radical (unpaired) electrons.